The lowest BCUT2D eigenvalue weighted by Crippen LogP contribution is -2.20. The zero-order chi connectivity index (χ0) is 8.10. The molecular weight excluding hydrogens is 162 g/mol. The van der Waals surface area contributed by atoms with Gasteiger partial charge in [0.05, 0.1) is 12.4 Å². The lowest BCUT2D eigenvalue weighted by molar-refractivity contribution is -0.141. The molecule has 0 spiro atoms. The molecule has 11 heavy (non-hydrogen) atoms. The van der Waals surface area contributed by atoms with Crippen molar-refractivity contribution in [2.45, 2.75) is 6.92 Å². The molecule has 0 amide bonds. The molecule has 0 saturated carbocycles. The van der Waals surface area contributed by atoms with Gasteiger partial charge in [-0.25, -0.2) is 0 Å². The number of nitrogens with zero attached hydrogens (tertiary/aromatic N) is 1. The summed E-state index contributed by atoms with van der Waals surface area (Å²) in [6.07, 6.45) is 2.01. The van der Waals surface area contributed by atoms with Gasteiger partial charge in [0.25, 0.3) is 0 Å². The fourth-order valence-corrected chi connectivity index (χ4v) is 1.51. The molecular formula is C7H11NO2S. The predicted octanol–water partition coefficient (Wildman–Crippen LogP) is 1.03. The molecule has 0 saturated heterocycles. The molecule has 1 heterocycles. The molecule has 0 aromatic heterocycles. The van der Waals surface area contributed by atoms with E-state index in [1.54, 1.807) is 11.8 Å². The Kier molecular flexibility index (Phi) is 3.29. The van der Waals surface area contributed by atoms with Gasteiger partial charge in [-0.05, 0) is 5.41 Å². The molecule has 3 nitrogen and oxygen atoms in total. The first-order valence-corrected chi connectivity index (χ1v) is 4.49. The second kappa shape index (κ2) is 4.28. The Morgan fingerprint density at radius 1 is 1.82 bits per heavy atom. The molecule has 1 aliphatic rings. The summed E-state index contributed by atoms with van der Waals surface area (Å²) in [5.41, 5.74) is 0. The fourth-order valence-electron chi connectivity index (χ4n) is 0.757. The average molecular weight is 173 g/mol. The van der Waals surface area contributed by atoms with E-state index in [1.165, 1.54) is 6.92 Å². The molecule has 0 bridgehead atoms. The summed E-state index contributed by atoms with van der Waals surface area (Å²) in [7, 11) is 0. The van der Waals surface area contributed by atoms with Gasteiger partial charge in [0.15, 0.2) is 0 Å². The van der Waals surface area contributed by atoms with Crippen LogP contribution in [0.2, 0.25) is 0 Å². The van der Waals surface area contributed by atoms with Gasteiger partial charge in [0, 0.05) is 13.1 Å². The van der Waals surface area contributed by atoms with Crippen molar-refractivity contribution in [1.29, 1.82) is 0 Å². The maximum Gasteiger partial charge on any atom is 0.302 e. The number of esters is 1. The van der Waals surface area contributed by atoms with E-state index in [2.05, 4.69) is 4.90 Å². The van der Waals surface area contributed by atoms with Crippen molar-refractivity contribution in [3.63, 3.8) is 0 Å². The quantitative estimate of drug-likeness (QED) is 0.596. The highest BCUT2D eigenvalue weighted by atomic mass is 32.2. The van der Waals surface area contributed by atoms with E-state index < -0.39 is 0 Å². The Labute approximate surface area is 70.4 Å². The Morgan fingerprint density at radius 2 is 2.64 bits per heavy atom. The largest absolute Gasteiger partial charge is 0.464 e. The van der Waals surface area contributed by atoms with E-state index >= 15 is 0 Å². The number of hydrogen-bond donors (Lipinski definition) is 0. The summed E-state index contributed by atoms with van der Waals surface area (Å²) in [5, 5.41) is 2.04. The Hall–Kier alpha value is -0.640. The Bertz CT molecular complexity index is 170. The molecule has 0 radical (unpaired) electrons. The van der Waals surface area contributed by atoms with Crippen molar-refractivity contribution in [3.05, 3.63) is 11.6 Å². The van der Waals surface area contributed by atoms with Crippen molar-refractivity contribution in [1.82, 2.24) is 4.90 Å². The molecule has 4 heteroatoms. The van der Waals surface area contributed by atoms with Crippen LogP contribution in [0.5, 0.6) is 0 Å². The summed E-state index contributed by atoms with van der Waals surface area (Å²) < 4.78 is 4.78. The van der Waals surface area contributed by atoms with Crippen molar-refractivity contribution in [2.75, 3.05) is 19.0 Å². The van der Waals surface area contributed by atoms with Crippen LogP contribution in [0.1, 0.15) is 6.92 Å². The summed E-state index contributed by atoms with van der Waals surface area (Å²) >= 11 is 1.75. The van der Waals surface area contributed by atoms with E-state index in [4.69, 9.17) is 4.74 Å². The zero-order valence-electron chi connectivity index (χ0n) is 6.45. The first kappa shape index (κ1) is 8.46. The molecule has 0 N–H and O–H groups in total. The number of hydrogen-bond acceptors (Lipinski definition) is 4. The number of carbonyl (C=O) groups excluding carboxylic acids is 1. The van der Waals surface area contributed by atoms with Gasteiger partial charge in [-0.3, -0.25) is 4.79 Å². The van der Waals surface area contributed by atoms with Crippen LogP contribution in [-0.4, -0.2) is 29.9 Å². The van der Waals surface area contributed by atoms with Gasteiger partial charge in [-0.1, -0.05) is 0 Å². The van der Waals surface area contributed by atoms with E-state index in [0.717, 1.165) is 12.4 Å². The van der Waals surface area contributed by atoms with Crippen LogP contribution in [0.3, 0.4) is 0 Å². The number of thioether (sulfide) groups is 1. The van der Waals surface area contributed by atoms with Gasteiger partial charge in [-0.2, -0.15) is 0 Å². The van der Waals surface area contributed by atoms with Crippen LogP contribution < -0.4 is 0 Å². The smallest absolute Gasteiger partial charge is 0.302 e. The molecule has 0 unspecified atom stereocenters. The SMILES string of the molecule is CC(=O)OCCN1C=CSC1. The second-order valence-electron chi connectivity index (χ2n) is 2.23. The molecule has 0 aromatic rings. The van der Waals surface area contributed by atoms with Crippen LogP contribution in [0, 0.1) is 0 Å². The normalized spacial score (nSPS) is 15.5. The average Bonchev–Trinajstić information content (AvgIpc) is 2.39. The van der Waals surface area contributed by atoms with Crippen LogP contribution in [0.15, 0.2) is 11.6 Å². The van der Waals surface area contributed by atoms with E-state index in [1.807, 2.05) is 11.6 Å². The third-order valence-corrected chi connectivity index (χ3v) is 2.09. The highest BCUT2D eigenvalue weighted by molar-refractivity contribution is 8.02. The Balaban J connectivity index is 2.03. The zero-order valence-corrected chi connectivity index (χ0v) is 7.26. The van der Waals surface area contributed by atoms with Crippen LogP contribution in [0.25, 0.3) is 0 Å². The predicted molar refractivity (Wildman–Crippen MR) is 44.9 cm³/mol. The number of carbonyl (C=O) groups is 1. The fraction of sp³-hybridized carbons (Fsp3) is 0.571. The second-order valence-corrected chi connectivity index (χ2v) is 3.10. The topological polar surface area (TPSA) is 29.5 Å². The molecule has 0 aliphatic carbocycles. The van der Waals surface area contributed by atoms with Gasteiger partial charge in [0.2, 0.25) is 0 Å². The molecule has 62 valence electrons. The van der Waals surface area contributed by atoms with E-state index in [0.29, 0.717) is 6.61 Å². The van der Waals surface area contributed by atoms with Crippen molar-refractivity contribution < 1.29 is 9.53 Å². The van der Waals surface area contributed by atoms with Crippen molar-refractivity contribution in [2.24, 2.45) is 0 Å². The van der Waals surface area contributed by atoms with Crippen molar-refractivity contribution >= 4 is 17.7 Å². The highest BCUT2D eigenvalue weighted by Crippen LogP contribution is 2.13. The maximum absolute atomic E-state index is 10.4. The summed E-state index contributed by atoms with van der Waals surface area (Å²) in [4.78, 5) is 12.5. The number of rotatable bonds is 3. The van der Waals surface area contributed by atoms with Crippen LogP contribution in [0.4, 0.5) is 0 Å². The van der Waals surface area contributed by atoms with E-state index in [9.17, 15) is 4.79 Å². The van der Waals surface area contributed by atoms with E-state index in [-0.39, 0.29) is 5.97 Å². The summed E-state index contributed by atoms with van der Waals surface area (Å²) in [6.45, 7) is 2.71. The van der Waals surface area contributed by atoms with Crippen LogP contribution in [-0.2, 0) is 9.53 Å². The molecule has 1 rings (SSSR count). The van der Waals surface area contributed by atoms with Crippen LogP contribution >= 0.6 is 11.8 Å². The maximum atomic E-state index is 10.4. The number of ether oxygens (including phenoxy) is 1. The summed E-state index contributed by atoms with van der Waals surface area (Å²) in [6, 6.07) is 0. The third kappa shape index (κ3) is 3.32. The standard InChI is InChI=1S/C7H11NO2S/c1-7(9)10-4-2-8-3-5-11-6-8/h3,5H,2,4,6H2,1H3. The first-order chi connectivity index (χ1) is 5.29. The Morgan fingerprint density at radius 3 is 3.18 bits per heavy atom. The minimum absolute atomic E-state index is 0.208. The third-order valence-electron chi connectivity index (χ3n) is 1.29. The van der Waals surface area contributed by atoms with Gasteiger partial charge >= 0.3 is 5.97 Å². The monoisotopic (exact) mass is 173 g/mol. The van der Waals surface area contributed by atoms with Gasteiger partial charge < -0.3 is 9.64 Å². The minimum Gasteiger partial charge on any atom is -0.464 e. The molecule has 1 aliphatic heterocycles. The first-order valence-electron chi connectivity index (χ1n) is 3.45. The van der Waals surface area contributed by atoms with Gasteiger partial charge in [0.1, 0.15) is 6.61 Å². The lowest BCUT2D eigenvalue weighted by Gasteiger charge is -2.13. The molecule has 0 fully saturated rings. The highest BCUT2D eigenvalue weighted by Gasteiger charge is 2.03. The molecule has 0 atom stereocenters. The minimum atomic E-state index is -0.208. The van der Waals surface area contributed by atoms with Gasteiger partial charge in [-0.15, -0.1) is 11.8 Å². The van der Waals surface area contributed by atoms with Crippen molar-refractivity contribution in [3.8, 4) is 0 Å². The lowest BCUT2D eigenvalue weighted by atomic mass is 10.6. The molecule has 0 aromatic carbocycles. The summed E-state index contributed by atoms with van der Waals surface area (Å²) in [5.74, 6) is 0.766.